The molecule has 0 spiro atoms. The molecule has 0 bridgehead atoms. The first-order valence-corrected chi connectivity index (χ1v) is 15.1. The number of amides is 3. The number of hydrogen-bond donors (Lipinski definition) is 5. The summed E-state index contributed by atoms with van der Waals surface area (Å²) in [5.74, 6) is -1.98. The van der Waals surface area contributed by atoms with Gasteiger partial charge in [-0.3, -0.25) is 24.0 Å². The van der Waals surface area contributed by atoms with Crippen LogP contribution in [0.3, 0.4) is 0 Å². The van der Waals surface area contributed by atoms with Crippen LogP contribution in [-0.4, -0.2) is 66.5 Å². The number of hydrogen-bond acceptors (Lipinski definition) is 9. The molecule has 46 heavy (non-hydrogen) atoms. The summed E-state index contributed by atoms with van der Waals surface area (Å²) in [7, 11) is 0. The number of rotatable bonds is 14. The van der Waals surface area contributed by atoms with Gasteiger partial charge < -0.3 is 35.8 Å². The third-order valence-corrected chi connectivity index (χ3v) is 6.53. The lowest BCUT2D eigenvalue weighted by Crippen LogP contribution is -2.51. The van der Waals surface area contributed by atoms with Crippen LogP contribution in [0, 0.1) is 10.8 Å². The molecule has 0 aliphatic heterocycles. The summed E-state index contributed by atoms with van der Waals surface area (Å²) in [6, 6.07) is 13.6. The number of carbonyl (C=O) groups excluding carboxylic acids is 5. The topological polar surface area (TPSA) is 172 Å². The molecule has 12 heteroatoms. The van der Waals surface area contributed by atoms with Crippen molar-refractivity contribution in [3.05, 3.63) is 59.7 Å². The Morgan fingerprint density at radius 3 is 1.67 bits per heavy atom. The molecule has 12 nitrogen and oxygen atoms in total. The van der Waals surface area contributed by atoms with E-state index in [4.69, 9.17) is 9.47 Å². The summed E-state index contributed by atoms with van der Waals surface area (Å²) in [5, 5.41) is 21.9. The number of nitrogens with one attached hydrogen (secondary N) is 4. The number of esters is 2. The van der Waals surface area contributed by atoms with Crippen molar-refractivity contribution >= 4 is 29.7 Å². The average molecular weight is 641 g/mol. The maximum absolute atomic E-state index is 12.5. The molecule has 1 atom stereocenters. The molecule has 1 unspecified atom stereocenters. The minimum atomic E-state index is -1.09. The van der Waals surface area contributed by atoms with Gasteiger partial charge in [0.15, 0.2) is 0 Å². The molecule has 0 saturated carbocycles. The van der Waals surface area contributed by atoms with E-state index in [1.54, 1.807) is 41.5 Å². The molecule has 0 aliphatic rings. The molecular weight excluding hydrogens is 592 g/mol. The third-order valence-electron chi connectivity index (χ3n) is 6.53. The van der Waals surface area contributed by atoms with Gasteiger partial charge in [-0.25, -0.2) is 0 Å². The molecule has 0 saturated heterocycles. The summed E-state index contributed by atoms with van der Waals surface area (Å²) < 4.78 is 11.0. The van der Waals surface area contributed by atoms with Crippen molar-refractivity contribution in [1.82, 2.24) is 21.3 Å². The number of carbonyl (C=O) groups is 5. The fraction of sp³-hybridized carbons (Fsp3) is 0.500. The minimum absolute atomic E-state index is 0.0472. The predicted octanol–water partition coefficient (Wildman–Crippen LogP) is 2.58. The second-order valence-corrected chi connectivity index (χ2v) is 13.8. The highest BCUT2D eigenvalue weighted by Gasteiger charge is 2.27. The van der Waals surface area contributed by atoms with Crippen molar-refractivity contribution in [2.75, 3.05) is 26.2 Å². The zero-order chi connectivity index (χ0) is 34.7. The molecule has 252 valence electrons. The van der Waals surface area contributed by atoms with E-state index in [0.29, 0.717) is 5.56 Å². The molecule has 5 N–H and O–H groups in total. The Hall–Kier alpha value is -4.29. The smallest absolute Gasteiger partial charge is 0.316 e. The molecule has 2 aromatic rings. The molecule has 0 heterocycles. The lowest BCUT2D eigenvalue weighted by Gasteiger charge is -2.28. The van der Waals surface area contributed by atoms with Gasteiger partial charge >= 0.3 is 11.9 Å². The van der Waals surface area contributed by atoms with E-state index in [-0.39, 0.29) is 50.0 Å². The van der Waals surface area contributed by atoms with Crippen LogP contribution in [0.15, 0.2) is 48.5 Å². The summed E-state index contributed by atoms with van der Waals surface area (Å²) >= 11 is 0. The Morgan fingerprint density at radius 1 is 0.696 bits per heavy atom. The highest BCUT2D eigenvalue weighted by atomic mass is 16.5. The van der Waals surface area contributed by atoms with Gasteiger partial charge in [0.1, 0.15) is 11.5 Å². The van der Waals surface area contributed by atoms with Gasteiger partial charge in [-0.2, -0.15) is 0 Å². The Balaban J connectivity index is 1.89. The Bertz CT molecular complexity index is 1330. The van der Waals surface area contributed by atoms with Gasteiger partial charge in [0.2, 0.25) is 17.7 Å². The van der Waals surface area contributed by atoms with Gasteiger partial charge in [-0.1, -0.05) is 30.3 Å². The first-order valence-electron chi connectivity index (χ1n) is 15.1. The van der Waals surface area contributed by atoms with E-state index < -0.39 is 46.2 Å². The molecule has 0 aromatic heterocycles. The standard InChI is InChI=1S/C34H48N4O8/c1-32(2,3)30(43)45-24-15-23(16-25(17-24)46-31(44)33(4,5)6)26(39)18-38-34(7,8)21-37-29(42)20-36-28(41)19-35-27(40)14-22-12-10-9-11-13-22/h9-13,15-17,26,38-39H,14,18-21H2,1-8H3,(H,35,40)(H,36,41)(H,37,42). The summed E-state index contributed by atoms with van der Waals surface area (Å²) in [6.45, 7) is 13.6. The molecular formula is C34H48N4O8. The van der Waals surface area contributed by atoms with E-state index in [0.717, 1.165) is 5.56 Å². The van der Waals surface area contributed by atoms with Crippen molar-refractivity contribution in [3.8, 4) is 11.5 Å². The predicted molar refractivity (Wildman–Crippen MR) is 173 cm³/mol. The number of aliphatic hydroxyl groups is 1. The summed E-state index contributed by atoms with van der Waals surface area (Å²) in [4.78, 5) is 61.5. The maximum Gasteiger partial charge on any atom is 0.316 e. The highest BCUT2D eigenvalue weighted by Crippen LogP contribution is 2.30. The lowest BCUT2D eigenvalue weighted by atomic mass is 9.97. The zero-order valence-corrected chi connectivity index (χ0v) is 28.0. The Labute approximate surface area is 271 Å². The van der Waals surface area contributed by atoms with Crippen molar-refractivity contribution in [2.24, 2.45) is 10.8 Å². The number of benzene rings is 2. The maximum atomic E-state index is 12.5. The van der Waals surface area contributed by atoms with Gasteiger partial charge in [-0.05, 0) is 78.6 Å². The van der Waals surface area contributed by atoms with Gasteiger partial charge in [-0.15, -0.1) is 0 Å². The largest absolute Gasteiger partial charge is 0.426 e. The zero-order valence-electron chi connectivity index (χ0n) is 28.0. The quantitative estimate of drug-likeness (QED) is 0.154. The van der Waals surface area contributed by atoms with Crippen LogP contribution in [-0.2, 0) is 30.4 Å². The van der Waals surface area contributed by atoms with Crippen molar-refractivity contribution in [1.29, 1.82) is 0 Å². The van der Waals surface area contributed by atoms with Crippen LogP contribution >= 0.6 is 0 Å². The van der Waals surface area contributed by atoms with Crippen molar-refractivity contribution < 1.29 is 38.6 Å². The highest BCUT2D eigenvalue weighted by molar-refractivity contribution is 5.88. The van der Waals surface area contributed by atoms with Crippen LogP contribution in [0.25, 0.3) is 0 Å². The van der Waals surface area contributed by atoms with Gasteiger partial charge in [0, 0.05) is 24.7 Å². The molecule has 0 radical (unpaired) electrons. The van der Waals surface area contributed by atoms with Crippen molar-refractivity contribution in [3.63, 3.8) is 0 Å². The Morgan fingerprint density at radius 2 is 1.17 bits per heavy atom. The molecule has 2 rings (SSSR count). The summed E-state index contributed by atoms with van der Waals surface area (Å²) in [6.07, 6.45) is -0.945. The summed E-state index contributed by atoms with van der Waals surface area (Å²) in [5.41, 5.74) is -1.07. The lowest BCUT2D eigenvalue weighted by molar-refractivity contribution is -0.143. The van der Waals surface area contributed by atoms with Crippen LogP contribution < -0.4 is 30.7 Å². The van der Waals surface area contributed by atoms with E-state index in [1.165, 1.54) is 18.2 Å². The number of aliphatic hydroxyl groups excluding tert-OH is 1. The fourth-order valence-corrected chi connectivity index (χ4v) is 3.62. The molecule has 3 amide bonds. The second-order valence-electron chi connectivity index (χ2n) is 13.8. The number of ether oxygens (including phenoxy) is 2. The first kappa shape index (κ1) is 37.9. The van der Waals surface area contributed by atoms with Crippen LogP contribution in [0.5, 0.6) is 11.5 Å². The SMILES string of the molecule is CC(C)(CNC(=O)CNC(=O)CNC(=O)Cc1ccccc1)NCC(O)c1cc(OC(=O)C(C)(C)C)cc(OC(=O)C(C)(C)C)c1. The van der Waals surface area contributed by atoms with E-state index in [1.807, 2.05) is 44.2 Å². The normalized spacial score (nSPS) is 12.5. The van der Waals surface area contributed by atoms with E-state index >= 15 is 0 Å². The number of β-amino-alcohol motifs (C(OH)–C–C–N with tert-alkyl or cyclic N) is 1. The molecule has 2 aromatic carbocycles. The van der Waals surface area contributed by atoms with Gasteiger partial charge in [0.25, 0.3) is 0 Å². The second kappa shape index (κ2) is 16.3. The van der Waals surface area contributed by atoms with Crippen LogP contribution in [0.2, 0.25) is 0 Å². The van der Waals surface area contributed by atoms with Gasteiger partial charge in [0.05, 0.1) is 36.4 Å². The third kappa shape index (κ3) is 13.8. The van der Waals surface area contributed by atoms with E-state index in [2.05, 4.69) is 21.3 Å². The average Bonchev–Trinajstić information content (AvgIpc) is 2.96. The van der Waals surface area contributed by atoms with E-state index in [9.17, 15) is 29.1 Å². The van der Waals surface area contributed by atoms with Crippen LogP contribution in [0.1, 0.15) is 72.6 Å². The van der Waals surface area contributed by atoms with Crippen LogP contribution in [0.4, 0.5) is 0 Å². The fourth-order valence-electron chi connectivity index (χ4n) is 3.62. The van der Waals surface area contributed by atoms with Crippen molar-refractivity contribution in [2.45, 2.75) is 73.5 Å². The molecule has 0 aliphatic carbocycles. The first-order chi connectivity index (χ1) is 21.2. The monoisotopic (exact) mass is 640 g/mol. The Kier molecular flexibility index (Phi) is 13.4. The molecule has 0 fully saturated rings. The minimum Gasteiger partial charge on any atom is -0.426 e.